The molecular formula is C16H20N6O2. The normalized spacial score (nSPS) is 27.0. The van der Waals surface area contributed by atoms with E-state index in [0.717, 1.165) is 25.9 Å². The molecule has 2 fully saturated rings. The van der Waals surface area contributed by atoms with Crippen molar-refractivity contribution in [1.29, 1.82) is 0 Å². The van der Waals surface area contributed by atoms with E-state index in [1.54, 1.807) is 23.3 Å². The molecule has 0 bridgehead atoms. The maximum Gasteiger partial charge on any atom is 0.220 e. The second-order valence-corrected chi connectivity index (χ2v) is 6.15. The first-order chi connectivity index (χ1) is 11.8. The molecule has 2 saturated heterocycles. The largest absolute Gasteiger partial charge is 0.376 e. The summed E-state index contributed by atoms with van der Waals surface area (Å²) in [6.45, 7) is 0.762. The van der Waals surface area contributed by atoms with Crippen molar-refractivity contribution in [2.45, 2.75) is 43.9 Å². The summed E-state index contributed by atoms with van der Waals surface area (Å²) in [6.07, 6.45) is 10.2. The van der Waals surface area contributed by atoms with Gasteiger partial charge in [-0.25, -0.2) is 9.67 Å². The molecule has 4 heterocycles. The molecule has 0 aromatic carbocycles. The average molecular weight is 328 g/mol. The van der Waals surface area contributed by atoms with Gasteiger partial charge >= 0.3 is 0 Å². The molecule has 0 saturated carbocycles. The molecule has 8 nitrogen and oxygen atoms in total. The van der Waals surface area contributed by atoms with E-state index in [9.17, 15) is 4.79 Å². The zero-order valence-corrected chi connectivity index (χ0v) is 13.3. The predicted octanol–water partition coefficient (Wildman–Crippen LogP) is 0.900. The molecule has 1 amide bonds. The van der Waals surface area contributed by atoms with E-state index in [1.165, 1.54) is 0 Å². The highest BCUT2D eigenvalue weighted by Crippen LogP contribution is 2.24. The van der Waals surface area contributed by atoms with Crippen molar-refractivity contribution in [2.75, 3.05) is 11.9 Å². The number of nitrogens with one attached hydrogen (secondary N) is 2. The topological polar surface area (TPSA) is 94.0 Å². The van der Waals surface area contributed by atoms with Gasteiger partial charge in [0.2, 0.25) is 5.91 Å². The number of piperidine rings is 1. The van der Waals surface area contributed by atoms with Gasteiger partial charge in [0.15, 0.2) is 5.82 Å². The average Bonchev–Trinajstić information content (AvgIpc) is 3.30. The lowest BCUT2D eigenvalue weighted by Crippen LogP contribution is -2.56. The first kappa shape index (κ1) is 15.1. The summed E-state index contributed by atoms with van der Waals surface area (Å²) in [4.78, 5) is 20.6. The fourth-order valence-corrected chi connectivity index (χ4v) is 3.35. The van der Waals surface area contributed by atoms with Crippen LogP contribution in [0, 0.1) is 0 Å². The van der Waals surface area contributed by atoms with Crippen LogP contribution in [0.3, 0.4) is 0 Å². The highest BCUT2D eigenvalue weighted by atomic mass is 16.5. The number of hydrogen-bond donors (Lipinski definition) is 2. The van der Waals surface area contributed by atoms with E-state index in [4.69, 9.17) is 4.74 Å². The number of aromatic nitrogens is 4. The van der Waals surface area contributed by atoms with Crippen molar-refractivity contribution in [3.05, 3.63) is 30.9 Å². The molecule has 2 aliphatic rings. The summed E-state index contributed by atoms with van der Waals surface area (Å²) in [6, 6.07) is 1.88. The molecule has 1 unspecified atom stereocenters. The molecule has 126 valence electrons. The van der Waals surface area contributed by atoms with Gasteiger partial charge in [-0.15, -0.1) is 0 Å². The molecule has 0 spiro atoms. The van der Waals surface area contributed by atoms with Crippen molar-refractivity contribution in [2.24, 2.45) is 0 Å². The summed E-state index contributed by atoms with van der Waals surface area (Å²) in [5.41, 5.74) is 0. The number of carbonyl (C=O) groups excluding carboxylic acids is 1. The van der Waals surface area contributed by atoms with Gasteiger partial charge in [0.05, 0.1) is 30.6 Å². The Kier molecular flexibility index (Phi) is 4.12. The van der Waals surface area contributed by atoms with E-state index in [2.05, 4.69) is 25.7 Å². The van der Waals surface area contributed by atoms with Crippen LogP contribution in [0.4, 0.5) is 5.82 Å². The van der Waals surface area contributed by atoms with Crippen LogP contribution >= 0.6 is 0 Å². The highest BCUT2D eigenvalue weighted by molar-refractivity contribution is 5.77. The molecule has 24 heavy (non-hydrogen) atoms. The Morgan fingerprint density at radius 2 is 2.29 bits per heavy atom. The van der Waals surface area contributed by atoms with Crippen LogP contribution in [0.2, 0.25) is 0 Å². The van der Waals surface area contributed by atoms with Gasteiger partial charge in [0.1, 0.15) is 5.82 Å². The van der Waals surface area contributed by atoms with Gasteiger partial charge < -0.3 is 15.4 Å². The molecule has 8 heteroatoms. The Labute approximate surface area is 139 Å². The number of amides is 1. The van der Waals surface area contributed by atoms with Crippen molar-refractivity contribution >= 4 is 11.7 Å². The van der Waals surface area contributed by atoms with Crippen LogP contribution in [-0.2, 0) is 9.53 Å². The maximum atomic E-state index is 11.8. The van der Waals surface area contributed by atoms with Gasteiger partial charge in [-0.3, -0.25) is 9.78 Å². The lowest BCUT2D eigenvalue weighted by atomic mass is 9.92. The number of nitrogens with zero attached hydrogens (tertiary/aromatic N) is 4. The smallest absolute Gasteiger partial charge is 0.220 e. The zero-order valence-electron chi connectivity index (χ0n) is 13.3. The second-order valence-electron chi connectivity index (χ2n) is 6.15. The third-order valence-electron chi connectivity index (χ3n) is 4.50. The second kappa shape index (κ2) is 6.56. The highest BCUT2D eigenvalue weighted by Gasteiger charge is 2.37. The number of hydrogen-bond acceptors (Lipinski definition) is 6. The molecule has 2 aromatic rings. The number of rotatable bonds is 4. The molecule has 0 aliphatic carbocycles. The van der Waals surface area contributed by atoms with Crippen LogP contribution in [0.1, 0.15) is 25.7 Å². The van der Waals surface area contributed by atoms with E-state index < -0.39 is 0 Å². The summed E-state index contributed by atoms with van der Waals surface area (Å²) < 4.78 is 7.45. The first-order valence-corrected chi connectivity index (χ1v) is 8.29. The lowest BCUT2D eigenvalue weighted by Gasteiger charge is -2.36. The molecule has 4 rings (SSSR count). The van der Waals surface area contributed by atoms with Gasteiger partial charge in [-0.2, -0.15) is 5.10 Å². The molecule has 3 atom stereocenters. The summed E-state index contributed by atoms with van der Waals surface area (Å²) in [7, 11) is 0. The number of anilines is 1. The quantitative estimate of drug-likeness (QED) is 0.866. The minimum absolute atomic E-state index is 0.0380. The van der Waals surface area contributed by atoms with Gasteiger partial charge in [0.25, 0.3) is 0 Å². The number of carbonyl (C=O) groups is 1. The van der Waals surface area contributed by atoms with Crippen LogP contribution in [0.25, 0.3) is 5.82 Å². The zero-order chi connectivity index (χ0) is 16.4. The standard InChI is InChI=1S/C16H20N6O2/c23-15-5-4-11(16(21-15)12-3-1-8-24-12)19-13-9-17-10-14(20-13)22-7-2-6-18-22/h2,6-7,9-12,16H,1,3-5,8H2,(H,19,20)(H,21,23)/t11-,12?,16-/m0/s1. The SMILES string of the molecule is O=C1CC[C@H](Nc2cncc(-n3cccn3)n2)[C@@H](C2CCCO2)N1. The van der Waals surface area contributed by atoms with Crippen molar-refractivity contribution in [1.82, 2.24) is 25.1 Å². The van der Waals surface area contributed by atoms with Gasteiger partial charge in [0, 0.05) is 25.4 Å². The van der Waals surface area contributed by atoms with Crippen LogP contribution in [0.15, 0.2) is 30.9 Å². The van der Waals surface area contributed by atoms with E-state index in [-0.39, 0.29) is 24.1 Å². The molecule has 0 radical (unpaired) electrons. The Balaban J connectivity index is 1.52. The van der Waals surface area contributed by atoms with Crippen molar-refractivity contribution in [3.8, 4) is 5.82 Å². The molecular weight excluding hydrogens is 308 g/mol. The third-order valence-corrected chi connectivity index (χ3v) is 4.50. The molecule has 2 aliphatic heterocycles. The monoisotopic (exact) mass is 328 g/mol. The van der Waals surface area contributed by atoms with Crippen LogP contribution in [-0.4, -0.2) is 50.5 Å². The summed E-state index contributed by atoms with van der Waals surface area (Å²) >= 11 is 0. The predicted molar refractivity (Wildman–Crippen MR) is 86.7 cm³/mol. The third kappa shape index (κ3) is 3.09. The first-order valence-electron chi connectivity index (χ1n) is 8.29. The maximum absolute atomic E-state index is 11.8. The molecule has 2 aromatic heterocycles. The minimum Gasteiger partial charge on any atom is -0.376 e. The Morgan fingerprint density at radius 1 is 1.33 bits per heavy atom. The minimum atomic E-state index is -0.0380. The lowest BCUT2D eigenvalue weighted by molar-refractivity contribution is -0.124. The van der Waals surface area contributed by atoms with E-state index in [0.29, 0.717) is 18.1 Å². The van der Waals surface area contributed by atoms with E-state index in [1.807, 2.05) is 12.3 Å². The Bertz CT molecular complexity index is 698. The fourth-order valence-electron chi connectivity index (χ4n) is 3.35. The fraction of sp³-hybridized carbons (Fsp3) is 0.500. The number of ether oxygens (including phenoxy) is 1. The Morgan fingerprint density at radius 3 is 3.08 bits per heavy atom. The summed E-state index contributed by atoms with van der Waals surface area (Å²) in [5.74, 6) is 1.41. The van der Waals surface area contributed by atoms with Gasteiger partial charge in [-0.1, -0.05) is 0 Å². The van der Waals surface area contributed by atoms with Gasteiger partial charge in [-0.05, 0) is 25.3 Å². The Hall–Kier alpha value is -2.48. The van der Waals surface area contributed by atoms with Crippen LogP contribution in [0.5, 0.6) is 0 Å². The van der Waals surface area contributed by atoms with Crippen molar-refractivity contribution in [3.63, 3.8) is 0 Å². The summed E-state index contributed by atoms with van der Waals surface area (Å²) in [5, 5.41) is 10.7. The molecule has 2 N–H and O–H groups in total. The van der Waals surface area contributed by atoms with Crippen molar-refractivity contribution < 1.29 is 9.53 Å². The van der Waals surface area contributed by atoms with E-state index >= 15 is 0 Å². The van der Waals surface area contributed by atoms with Crippen LogP contribution < -0.4 is 10.6 Å².